The van der Waals surface area contributed by atoms with E-state index < -0.39 is 12.0 Å². The lowest BCUT2D eigenvalue weighted by atomic mass is 9.88. The number of carbonyl (C=O) groups is 1. The Kier molecular flexibility index (Phi) is 4.97. The summed E-state index contributed by atoms with van der Waals surface area (Å²) >= 11 is 0. The van der Waals surface area contributed by atoms with E-state index in [2.05, 4.69) is 89.8 Å². The molecular formula is C27H25NO2. The van der Waals surface area contributed by atoms with Crippen LogP contribution in [0.2, 0.25) is 0 Å². The summed E-state index contributed by atoms with van der Waals surface area (Å²) < 4.78 is 0. The van der Waals surface area contributed by atoms with Crippen LogP contribution in [0.4, 0.5) is 0 Å². The molecule has 0 bridgehead atoms. The first-order valence-electron chi connectivity index (χ1n) is 10.7. The molecule has 0 amide bonds. The molecule has 30 heavy (non-hydrogen) atoms. The molecule has 1 saturated heterocycles. The Balaban J connectivity index is 1.73. The number of aliphatic carboxylic acids is 1. The van der Waals surface area contributed by atoms with Crippen molar-refractivity contribution >= 4 is 27.5 Å². The molecule has 4 aromatic rings. The molecule has 2 atom stereocenters. The Morgan fingerprint density at radius 3 is 2.40 bits per heavy atom. The van der Waals surface area contributed by atoms with E-state index in [1.807, 2.05) is 0 Å². The first-order chi connectivity index (χ1) is 14.7. The van der Waals surface area contributed by atoms with Crippen LogP contribution in [0.25, 0.3) is 21.5 Å². The Morgan fingerprint density at radius 2 is 1.57 bits per heavy atom. The fourth-order valence-corrected chi connectivity index (χ4v) is 4.94. The van der Waals surface area contributed by atoms with E-state index in [-0.39, 0.29) is 6.04 Å². The van der Waals surface area contributed by atoms with E-state index in [1.54, 1.807) is 0 Å². The van der Waals surface area contributed by atoms with Gasteiger partial charge in [-0.3, -0.25) is 9.69 Å². The zero-order chi connectivity index (χ0) is 20.5. The minimum atomic E-state index is -0.722. The number of fused-ring (bicyclic) bond motifs is 2. The van der Waals surface area contributed by atoms with E-state index in [0.717, 1.165) is 24.9 Å². The fraction of sp³-hybridized carbons (Fsp3) is 0.222. The SMILES string of the molecule is O=C(O)C1CCCCN1C(c1ccc2ccccc2c1)c1cccc2ccccc12. The van der Waals surface area contributed by atoms with Gasteiger partial charge in [-0.1, -0.05) is 85.3 Å². The Labute approximate surface area is 176 Å². The van der Waals surface area contributed by atoms with Crippen LogP contribution in [0, 0.1) is 0 Å². The number of likely N-dealkylation sites (tertiary alicyclic amines) is 1. The molecular weight excluding hydrogens is 370 g/mol. The van der Waals surface area contributed by atoms with Crippen molar-refractivity contribution < 1.29 is 9.90 Å². The third-order valence-corrected chi connectivity index (χ3v) is 6.37. The van der Waals surface area contributed by atoms with Crippen molar-refractivity contribution in [2.75, 3.05) is 6.54 Å². The fourth-order valence-electron chi connectivity index (χ4n) is 4.94. The summed E-state index contributed by atoms with van der Waals surface area (Å²) in [5.74, 6) is -0.722. The van der Waals surface area contributed by atoms with Crippen molar-refractivity contribution in [3.63, 3.8) is 0 Å². The van der Waals surface area contributed by atoms with Gasteiger partial charge in [-0.15, -0.1) is 0 Å². The highest BCUT2D eigenvalue weighted by molar-refractivity contribution is 5.87. The molecule has 3 heteroatoms. The van der Waals surface area contributed by atoms with Gasteiger partial charge in [0.2, 0.25) is 0 Å². The predicted molar refractivity (Wildman–Crippen MR) is 122 cm³/mol. The standard InChI is InChI=1S/C27H25NO2/c29-27(30)25-14-5-6-17-28(25)26(22-16-15-19-8-1-2-10-21(19)18-22)24-13-7-11-20-9-3-4-12-23(20)24/h1-4,7-13,15-16,18,25-26H,5-6,14,17H2,(H,29,30). The molecule has 1 aliphatic heterocycles. The first-order valence-corrected chi connectivity index (χ1v) is 10.7. The molecule has 0 aromatic heterocycles. The summed E-state index contributed by atoms with van der Waals surface area (Å²) in [4.78, 5) is 14.4. The number of hydrogen-bond acceptors (Lipinski definition) is 2. The van der Waals surface area contributed by atoms with Gasteiger partial charge in [-0.2, -0.15) is 0 Å². The molecule has 0 radical (unpaired) electrons. The highest BCUT2D eigenvalue weighted by Crippen LogP contribution is 2.38. The molecule has 1 fully saturated rings. The van der Waals surface area contributed by atoms with Crippen LogP contribution in [-0.2, 0) is 4.79 Å². The summed E-state index contributed by atoms with van der Waals surface area (Å²) in [7, 11) is 0. The van der Waals surface area contributed by atoms with Crippen molar-refractivity contribution in [3.8, 4) is 0 Å². The largest absolute Gasteiger partial charge is 0.480 e. The molecule has 5 rings (SSSR count). The van der Waals surface area contributed by atoms with Crippen molar-refractivity contribution in [2.45, 2.75) is 31.3 Å². The first kappa shape index (κ1) is 18.8. The number of benzene rings is 4. The van der Waals surface area contributed by atoms with Gasteiger partial charge < -0.3 is 5.11 Å². The second-order valence-corrected chi connectivity index (χ2v) is 8.17. The molecule has 0 spiro atoms. The molecule has 1 heterocycles. The second kappa shape index (κ2) is 7.92. The molecule has 1 aliphatic rings. The molecule has 0 saturated carbocycles. The molecule has 2 unspecified atom stereocenters. The number of carboxylic acid groups (broad SMARTS) is 1. The summed E-state index contributed by atoms with van der Waals surface area (Å²) in [6.45, 7) is 0.789. The number of carboxylic acids is 1. The predicted octanol–water partition coefficient (Wildman–Crippen LogP) is 6.02. The highest BCUT2D eigenvalue weighted by Gasteiger charge is 2.35. The molecule has 1 N–H and O–H groups in total. The average molecular weight is 396 g/mol. The zero-order valence-corrected chi connectivity index (χ0v) is 16.9. The Bertz CT molecular complexity index is 1210. The van der Waals surface area contributed by atoms with Crippen LogP contribution in [-0.4, -0.2) is 28.6 Å². The summed E-state index contributed by atoms with van der Waals surface area (Å²) in [5.41, 5.74) is 2.33. The summed E-state index contributed by atoms with van der Waals surface area (Å²) in [5, 5.41) is 14.8. The highest BCUT2D eigenvalue weighted by atomic mass is 16.4. The number of piperidine rings is 1. The van der Waals surface area contributed by atoms with Gasteiger partial charge in [0.1, 0.15) is 6.04 Å². The van der Waals surface area contributed by atoms with Crippen molar-refractivity contribution in [3.05, 3.63) is 96.1 Å². The normalized spacial score (nSPS) is 18.5. The van der Waals surface area contributed by atoms with Gasteiger partial charge >= 0.3 is 5.97 Å². The Morgan fingerprint density at radius 1 is 0.833 bits per heavy atom. The van der Waals surface area contributed by atoms with Crippen molar-refractivity contribution in [1.82, 2.24) is 4.90 Å². The molecule has 150 valence electrons. The molecule has 4 aromatic carbocycles. The van der Waals surface area contributed by atoms with Crippen LogP contribution in [0.3, 0.4) is 0 Å². The molecule has 0 aliphatic carbocycles. The lowest BCUT2D eigenvalue weighted by Crippen LogP contribution is -2.46. The maximum Gasteiger partial charge on any atom is 0.320 e. The Hall–Kier alpha value is -3.17. The minimum absolute atomic E-state index is 0.0953. The van der Waals surface area contributed by atoms with Crippen LogP contribution in [0.1, 0.15) is 36.4 Å². The van der Waals surface area contributed by atoms with Crippen LogP contribution < -0.4 is 0 Å². The van der Waals surface area contributed by atoms with Crippen LogP contribution in [0.5, 0.6) is 0 Å². The van der Waals surface area contributed by atoms with Gasteiger partial charge in [0, 0.05) is 0 Å². The van der Waals surface area contributed by atoms with Gasteiger partial charge in [-0.25, -0.2) is 0 Å². The number of rotatable bonds is 4. The van der Waals surface area contributed by atoms with Gasteiger partial charge in [0.15, 0.2) is 0 Å². The third-order valence-electron chi connectivity index (χ3n) is 6.37. The van der Waals surface area contributed by atoms with E-state index in [1.165, 1.54) is 27.1 Å². The van der Waals surface area contributed by atoms with Crippen molar-refractivity contribution in [1.29, 1.82) is 0 Å². The van der Waals surface area contributed by atoms with E-state index in [0.29, 0.717) is 6.42 Å². The topological polar surface area (TPSA) is 40.5 Å². The minimum Gasteiger partial charge on any atom is -0.480 e. The van der Waals surface area contributed by atoms with Crippen LogP contribution in [0.15, 0.2) is 84.9 Å². The quantitative estimate of drug-likeness (QED) is 0.459. The second-order valence-electron chi connectivity index (χ2n) is 8.17. The van der Waals surface area contributed by atoms with E-state index in [9.17, 15) is 9.90 Å². The van der Waals surface area contributed by atoms with Crippen molar-refractivity contribution in [2.24, 2.45) is 0 Å². The lowest BCUT2D eigenvalue weighted by Gasteiger charge is -2.40. The van der Waals surface area contributed by atoms with Gasteiger partial charge in [-0.05, 0) is 58.1 Å². The smallest absolute Gasteiger partial charge is 0.320 e. The molecule has 3 nitrogen and oxygen atoms in total. The third kappa shape index (κ3) is 3.35. The maximum absolute atomic E-state index is 12.2. The van der Waals surface area contributed by atoms with Gasteiger partial charge in [0.05, 0.1) is 6.04 Å². The number of hydrogen-bond donors (Lipinski definition) is 1. The summed E-state index contributed by atoms with van der Waals surface area (Å²) in [6.07, 6.45) is 2.69. The van der Waals surface area contributed by atoms with Gasteiger partial charge in [0.25, 0.3) is 0 Å². The van der Waals surface area contributed by atoms with E-state index in [4.69, 9.17) is 0 Å². The zero-order valence-electron chi connectivity index (χ0n) is 16.9. The monoisotopic (exact) mass is 395 g/mol. The summed E-state index contributed by atoms with van der Waals surface area (Å²) in [6, 6.07) is 29.1. The van der Waals surface area contributed by atoms with Crippen LogP contribution >= 0.6 is 0 Å². The maximum atomic E-state index is 12.2. The van der Waals surface area contributed by atoms with E-state index >= 15 is 0 Å². The number of nitrogens with zero attached hydrogens (tertiary/aromatic N) is 1. The lowest BCUT2D eigenvalue weighted by molar-refractivity contribution is -0.145. The average Bonchev–Trinajstić information content (AvgIpc) is 2.79.